The van der Waals surface area contributed by atoms with E-state index in [-0.39, 0.29) is 11.9 Å². The molecule has 0 bridgehead atoms. The zero-order valence-electron chi connectivity index (χ0n) is 11.5. The summed E-state index contributed by atoms with van der Waals surface area (Å²) in [6, 6.07) is 12.0. The summed E-state index contributed by atoms with van der Waals surface area (Å²) in [6.07, 6.45) is 0. The van der Waals surface area contributed by atoms with Gasteiger partial charge in [-0.15, -0.1) is 11.8 Å². The van der Waals surface area contributed by atoms with Crippen molar-refractivity contribution in [1.29, 1.82) is 0 Å². The lowest BCUT2D eigenvalue weighted by Crippen LogP contribution is -2.29. The molecule has 0 amide bonds. The molecule has 3 N–H and O–H groups in total. The number of hydrogen-bond donors (Lipinski definition) is 2. The van der Waals surface area contributed by atoms with Gasteiger partial charge in [0.25, 0.3) is 0 Å². The van der Waals surface area contributed by atoms with Gasteiger partial charge in [-0.25, -0.2) is 4.39 Å². The molecule has 21 heavy (non-hydrogen) atoms. The summed E-state index contributed by atoms with van der Waals surface area (Å²) in [7, 11) is 1.56. The minimum absolute atomic E-state index is 0.138. The summed E-state index contributed by atoms with van der Waals surface area (Å²) in [6.45, 7) is 0. The van der Waals surface area contributed by atoms with E-state index < -0.39 is 0 Å². The van der Waals surface area contributed by atoms with Crippen LogP contribution in [0.2, 0.25) is 5.02 Å². The monoisotopic (exact) mass is 326 g/mol. The number of hydrogen-bond acceptors (Lipinski definition) is 4. The molecule has 0 spiro atoms. The van der Waals surface area contributed by atoms with Crippen molar-refractivity contribution < 1.29 is 9.13 Å². The van der Waals surface area contributed by atoms with Crippen LogP contribution in [0.3, 0.4) is 0 Å². The van der Waals surface area contributed by atoms with E-state index in [1.165, 1.54) is 17.8 Å². The van der Waals surface area contributed by atoms with E-state index in [1.54, 1.807) is 25.3 Å². The van der Waals surface area contributed by atoms with Crippen molar-refractivity contribution in [3.63, 3.8) is 0 Å². The summed E-state index contributed by atoms with van der Waals surface area (Å²) in [5, 5.41) is 0.541. The molecule has 0 fully saturated rings. The van der Waals surface area contributed by atoms with Crippen LogP contribution in [0.25, 0.3) is 0 Å². The van der Waals surface area contributed by atoms with E-state index in [0.717, 1.165) is 5.56 Å². The van der Waals surface area contributed by atoms with E-state index in [9.17, 15) is 4.39 Å². The molecule has 1 atom stereocenters. The quantitative estimate of drug-likeness (QED) is 0.482. The van der Waals surface area contributed by atoms with E-state index in [4.69, 9.17) is 22.2 Å². The Morgan fingerprint density at radius 1 is 1.33 bits per heavy atom. The summed E-state index contributed by atoms with van der Waals surface area (Å²) in [5.41, 5.74) is 3.67. The fourth-order valence-electron chi connectivity index (χ4n) is 1.87. The first-order valence-corrected chi connectivity index (χ1v) is 7.69. The van der Waals surface area contributed by atoms with Gasteiger partial charge >= 0.3 is 0 Å². The molecule has 0 saturated heterocycles. The highest BCUT2D eigenvalue weighted by atomic mass is 35.5. The highest BCUT2D eigenvalue weighted by Crippen LogP contribution is 2.31. The van der Waals surface area contributed by atoms with Crippen molar-refractivity contribution in [1.82, 2.24) is 5.43 Å². The molecule has 0 aliphatic rings. The van der Waals surface area contributed by atoms with Gasteiger partial charge in [-0.05, 0) is 29.8 Å². The summed E-state index contributed by atoms with van der Waals surface area (Å²) in [4.78, 5) is 0.596. The minimum atomic E-state index is -0.230. The fraction of sp³-hybridized carbons (Fsp3) is 0.200. The Kier molecular flexibility index (Phi) is 5.87. The summed E-state index contributed by atoms with van der Waals surface area (Å²) in [5.74, 6) is 6.55. The second-order valence-corrected chi connectivity index (χ2v) is 5.82. The Morgan fingerprint density at radius 2 is 2.10 bits per heavy atom. The molecule has 0 heterocycles. The van der Waals surface area contributed by atoms with Crippen LogP contribution in [-0.4, -0.2) is 12.9 Å². The lowest BCUT2D eigenvalue weighted by atomic mass is 10.1. The van der Waals surface area contributed by atoms with Gasteiger partial charge in [-0.3, -0.25) is 11.3 Å². The van der Waals surface area contributed by atoms with Crippen LogP contribution in [0.4, 0.5) is 4.39 Å². The lowest BCUT2D eigenvalue weighted by molar-refractivity contribution is 0.413. The predicted octanol–water partition coefficient (Wildman–Crippen LogP) is 3.78. The van der Waals surface area contributed by atoms with Crippen LogP contribution < -0.4 is 16.0 Å². The average molecular weight is 327 g/mol. The molecule has 0 aliphatic carbocycles. The summed E-state index contributed by atoms with van der Waals surface area (Å²) >= 11 is 7.41. The van der Waals surface area contributed by atoms with Crippen molar-refractivity contribution in [2.45, 2.75) is 10.9 Å². The number of rotatable bonds is 6. The maximum absolute atomic E-state index is 13.6. The van der Waals surface area contributed by atoms with Gasteiger partial charge in [0.2, 0.25) is 0 Å². The van der Waals surface area contributed by atoms with Crippen LogP contribution in [0, 0.1) is 5.82 Å². The zero-order chi connectivity index (χ0) is 15.2. The molecule has 2 aromatic rings. The van der Waals surface area contributed by atoms with E-state index in [2.05, 4.69) is 5.43 Å². The number of hydrazine groups is 1. The topological polar surface area (TPSA) is 47.3 Å². The van der Waals surface area contributed by atoms with E-state index in [0.29, 0.717) is 21.4 Å². The van der Waals surface area contributed by atoms with Crippen LogP contribution in [-0.2, 0) is 0 Å². The normalized spacial score (nSPS) is 12.2. The van der Waals surface area contributed by atoms with Crippen molar-refractivity contribution in [3.05, 3.63) is 58.9 Å². The Bertz CT molecular complexity index is 612. The van der Waals surface area contributed by atoms with Gasteiger partial charge in [-0.2, -0.15) is 0 Å². The summed E-state index contributed by atoms with van der Waals surface area (Å²) < 4.78 is 18.8. The molecule has 1 unspecified atom stereocenters. The van der Waals surface area contributed by atoms with E-state index >= 15 is 0 Å². The maximum Gasteiger partial charge on any atom is 0.137 e. The molecule has 2 aromatic carbocycles. The lowest BCUT2D eigenvalue weighted by Gasteiger charge is -2.17. The number of ether oxygens (including phenoxy) is 1. The number of halogens is 2. The smallest absolute Gasteiger partial charge is 0.137 e. The largest absolute Gasteiger partial charge is 0.495 e. The molecular formula is C15H16ClFN2OS. The Morgan fingerprint density at radius 3 is 2.76 bits per heavy atom. The molecule has 6 heteroatoms. The van der Waals surface area contributed by atoms with Gasteiger partial charge in [0.15, 0.2) is 0 Å². The Balaban J connectivity index is 2.11. The van der Waals surface area contributed by atoms with Gasteiger partial charge in [-0.1, -0.05) is 29.8 Å². The van der Waals surface area contributed by atoms with E-state index in [1.807, 2.05) is 18.2 Å². The van der Waals surface area contributed by atoms with Gasteiger partial charge in [0, 0.05) is 10.6 Å². The molecule has 0 aromatic heterocycles. The number of nitrogens with one attached hydrogen (secondary N) is 1. The molecule has 0 radical (unpaired) electrons. The predicted molar refractivity (Wildman–Crippen MR) is 85.2 cm³/mol. The van der Waals surface area contributed by atoms with Crippen LogP contribution in [0.5, 0.6) is 5.75 Å². The van der Waals surface area contributed by atoms with Gasteiger partial charge < -0.3 is 4.74 Å². The van der Waals surface area contributed by atoms with Crippen molar-refractivity contribution in [3.8, 4) is 5.75 Å². The molecule has 2 rings (SSSR count). The van der Waals surface area contributed by atoms with Crippen molar-refractivity contribution >= 4 is 23.4 Å². The number of benzene rings is 2. The third kappa shape index (κ3) is 4.11. The number of thioether (sulfide) groups is 1. The first-order valence-electron chi connectivity index (χ1n) is 6.32. The zero-order valence-corrected chi connectivity index (χ0v) is 13.0. The minimum Gasteiger partial charge on any atom is -0.495 e. The van der Waals surface area contributed by atoms with Crippen molar-refractivity contribution in [2.75, 3.05) is 12.9 Å². The van der Waals surface area contributed by atoms with Crippen LogP contribution in [0.15, 0.2) is 47.4 Å². The molecule has 0 aliphatic heterocycles. The third-order valence-electron chi connectivity index (χ3n) is 3.02. The van der Waals surface area contributed by atoms with Crippen LogP contribution >= 0.6 is 23.4 Å². The second-order valence-electron chi connectivity index (χ2n) is 4.35. The Labute approximate surface area is 132 Å². The molecule has 3 nitrogen and oxygen atoms in total. The third-order valence-corrected chi connectivity index (χ3v) is 4.48. The molecular weight excluding hydrogens is 311 g/mol. The molecule has 112 valence electrons. The second kappa shape index (κ2) is 7.66. The average Bonchev–Trinajstić information content (AvgIpc) is 2.51. The Hall–Kier alpha value is -1.27. The first-order chi connectivity index (χ1) is 10.2. The molecule has 0 saturated carbocycles. The fourth-order valence-corrected chi connectivity index (χ4v) is 3.08. The van der Waals surface area contributed by atoms with Crippen LogP contribution in [0.1, 0.15) is 11.6 Å². The highest BCUT2D eigenvalue weighted by molar-refractivity contribution is 7.99. The van der Waals surface area contributed by atoms with Crippen molar-refractivity contribution in [2.24, 2.45) is 5.84 Å². The van der Waals surface area contributed by atoms with Gasteiger partial charge in [0.05, 0.1) is 18.2 Å². The number of nitrogens with two attached hydrogens (primary N) is 1. The first kappa shape index (κ1) is 16.1. The van der Waals surface area contributed by atoms with Gasteiger partial charge in [0.1, 0.15) is 11.6 Å². The maximum atomic E-state index is 13.6. The number of methoxy groups -OCH3 is 1. The highest BCUT2D eigenvalue weighted by Gasteiger charge is 2.13. The SMILES string of the molecule is COc1cc(C(CSc2ccccc2F)NN)ccc1Cl. The standard InChI is InChI=1S/C15H16ClFN2OS/c1-20-14-8-10(6-7-11(14)16)13(19-18)9-21-15-5-3-2-4-12(15)17/h2-8,13,19H,9,18H2,1H3.